The van der Waals surface area contributed by atoms with Crippen LogP contribution in [0.3, 0.4) is 0 Å². The van der Waals surface area contributed by atoms with E-state index in [1.54, 1.807) is 13.8 Å². The molecule has 1 atom stereocenters. The Labute approximate surface area is 88.7 Å². The summed E-state index contributed by atoms with van der Waals surface area (Å²) in [5.41, 5.74) is 7.36. The maximum absolute atomic E-state index is 13.5. The highest BCUT2D eigenvalue weighted by Crippen LogP contribution is 2.32. The number of nitrogens with two attached hydrogens (primary N) is 1. The Morgan fingerprint density at radius 3 is 2.60 bits per heavy atom. The van der Waals surface area contributed by atoms with E-state index < -0.39 is 6.04 Å². The Morgan fingerprint density at radius 2 is 2.13 bits per heavy atom. The Kier molecular flexibility index (Phi) is 3.66. The maximum atomic E-state index is 13.5. The number of aliphatic hydroxyl groups excluding tert-OH is 1. The zero-order chi connectivity index (χ0) is 11.6. The summed E-state index contributed by atoms with van der Waals surface area (Å²) in [7, 11) is 1.51. The van der Waals surface area contributed by atoms with Crippen LogP contribution in [-0.4, -0.2) is 18.8 Å². The molecule has 84 valence electrons. The van der Waals surface area contributed by atoms with Crippen LogP contribution in [0.5, 0.6) is 5.75 Å². The summed E-state index contributed by atoms with van der Waals surface area (Å²) >= 11 is 0. The smallest absolute Gasteiger partial charge is 0.127 e. The zero-order valence-electron chi connectivity index (χ0n) is 9.17. The van der Waals surface area contributed by atoms with Gasteiger partial charge in [-0.2, -0.15) is 0 Å². The fraction of sp³-hybridized carbons (Fsp3) is 0.455. The summed E-state index contributed by atoms with van der Waals surface area (Å²) in [5, 5.41) is 9.01. The lowest BCUT2D eigenvalue weighted by Gasteiger charge is -2.18. The van der Waals surface area contributed by atoms with Crippen molar-refractivity contribution >= 4 is 0 Å². The Bertz CT molecular complexity index is 366. The molecule has 1 aromatic rings. The minimum absolute atomic E-state index is 0.236. The molecule has 1 unspecified atom stereocenters. The predicted octanol–water partition coefficient (Wildman–Crippen LogP) is 1.44. The van der Waals surface area contributed by atoms with Crippen LogP contribution in [0.1, 0.15) is 22.7 Å². The quantitative estimate of drug-likeness (QED) is 0.798. The van der Waals surface area contributed by atoms with Gasteiger partial charge in [0.2, 0.25) is 0 Å². The van der Waals surface area contributed by atoms with Gasteiger partial charge in [0.15, 0.2) is 0 Å². The molecule has 0 saturated carbocycles. The monoisotopic (exact) mass is 213 g/mol. The molecule has 0 aliphatic rings. The molecule has 15 heavy (non-hydrogen) atoms. The van der Waals surface area contributed by atoms with Crippen LogP contribution in [-0.2, 0) is 0 Å². The van der Waals surface area contributed by atoms with E-state index >= 15 is 0 Å². The van der Waals surface area contributed by atoms with Crippen LogP contribution < -0.4 is 10.5 Å². The van der Waals surface area contributed by atoms with Gasteiger partial charge in [-0.1, -0.05) is 0 Å². The van der Waals surface area contributed by atoms with E-state index in [1.165, 1.54) is 13.2 Å². The minimum Gasteiger partial charge on any atom is -0.496 e. The maximum Gasteiger partial charge on any atom is 0.127 e. The number of hydrogen-bond acceptors (Lipinski definition) is 3. The lowest BCUT2D eigenvalue weighted by Crippen LogP contribution is -2.18. The van der Waals surface area contributed by atoms with E-state index in [4.69, 9.17) is 15.6 Å². The molecule has 4 heteroatoms. The van der Waals surface area contributed by atoms with Gasteiger partial charge >= 0.3 is 0 Å². The third-order valence-corrected chi connectivity index (χ3v) is 2.48. The predicted molar refractivity (Wildman–Crippen MR) is 56.4 cm³/mol. The molecule has 1 aromatic carbocycles. The standard InChI is InChI=1S/C11H16FNO2/c1-6-4-8(12)7(2)10(9(13)5-14)11(6)15-3/h4,9,14H,5,13H2,1-3H3. The first-order valence-corrected chi connectivity index (χ1v) is 4.73. The van der Waals surface area contributed by atoms with Gasteiger partial charge in [0.05, 0.1) is 19.8 Å². The van der Waals surface area contributed by atoms with Gasteiger partial charge in [0.25, 0.3) is 0 Å². The van der Waals surface area contributed by atoms with Gasteiger partial charge in [0, 0.05) is 5.56 Å². The van der Waals surface area contributed by atoms with E-state index in [0.29, 0.717) is 22.4 Å². The molecule has 0 bridgehead atoms. The number of halogens is 1. The van der Waals surface area contributed by atoms with Gasteiger partial charge < -0.3 is 15.6 Å². The summed E-state index contributed by atoms with van der Waals surface area (Å²) in [6.45, 7) is 3.14. The molecule has 3 nitrogen and oxygen atoms in total. The number of methoxy groups -OCH3 is 1. The number of aryl methyl sites for hydroxylation is 1. The second-order valence-corrected chi connectivity index (χ2v) is 3.54. The molecule has 0 aliphatic heterocycles. The SMILES string of the molecule is COc1c(C)cc(F)c(C)c1C(N)CO. The topological polar surface area (TPSA) is 55.5 Å². The molecular formula is C11H16FNO2. The first-order chi connectivity index (χ1) is 7.02. The van der Waals surface area contributed by atoms with Gasteiger partial charge in [-0.05, 0) is 31.0 Å². The van der Waals surface area contributed by atoms with Gasteiger partial charge in [-0.15, -0.1) is 0 Å². The summed E-state index contributed by atoms with van der Waals surface area (Å²) in [5.74, 6) is 0.225. The number of hydrogen-bond donors (Lipinski definition) is 2. The molecule has 1 rings (SSSR count). The molecule has 0 spiro atoms. The Hall–Kier alpha value is -1.13. The number of benzene rings is 1. The van der Waals surface area contributed by atoms with Crippen molar-refractivity contribution in [2.24, 2.45) is 5.73 Å². The lowest BCUT2D eigenvalue weighted by molar-refractivity contribution is 0.263. The van der Waals surface area contributed by atoms with Gasteiger partial charge in [0.1, 0.15) is 11.6 Å². The van der Waals surface area contributed by atoms with Crippen molar-refractivity contribution in [1.82, 2.24) is 0 Å². The number of aliphatic hydroxyl groups is 1. The highest BCUT2D eigenvalue weighted by atomic mass is 19.1. The second-order valence-electron chi connectivity index (χ2n) is 3.54. The molecule has 0 aromatic heterocycles. The fourth-order valence-corrected chi connectivity index (χ4v) is 1.68. The normalized spacial score (nSPS) is 12.7. The summed E-state index contributed by atoms with van der Waals surface area (Å²) in [6, 6.07) is 0.788. The largest absolute Gasteiger partial charge is 0.496 e. The van der Waals surface area contributed by atoms with Crippen LogP contribution in [0.2, 0.25) is 0 Å². The molecule has 0 saturated heterocycles. The second kappa shape index (κ2) is 4.59. The molecule has 0 fully saturated rings. The van der Waals surface area contributed by atoms with Crippen LogP contribution in [0.25, 0.3) is 0 Å². The highest BCUT2D eigenvalue weighted by Gasteiger charge is 2.19. The van der Waals surface area contributed by atoms with Crippen molar-refractivity contribution in [1.29, 1.82) is 0 Å². The van der Waals surface area contributed by atoms with E-state index in [0.717, 1.165) is 0 Å². The fourth-order valence-electron chi connectivity index (χ4n) is 1.68. The lowest BCUT2D eigenvalue weighted by atomic mass is 9.97. The van der Waals surface area contributed by atoms with Crippen molar-refractivity contribution in [2.75, 3.05) is 13.7 Å². The third kappa shape index (κ3) is 2.11. The van der Waals surface area contributed by atoms with Crippen molar-refractivity contribution in [3.63, 3.8) is 0 Å². The molecule has 0 radical (unpaired) electrons. The molecule has 0 aliphatic carbocycles. The molecule has 0 amide bonds. The minimum atomic E-state index is -0.616. The summed E-state index contributed by atoms with van der Waals surface area (Å²) < 4.78 is 18.6. The molecular weight excluding hydrogens is 197 g/mol. The Balaban J connectivity index is 3.43. The van der Waals surface area contributed by atoms with E-state index in [1.807, 2.05) is 0 Å². The molecule has 3 N–H and O–H groups in total. The molecule has 0 heterocycles. The summed E-state index contributed by atoms with van der Waals surface area (Å²) in [6.07, 6.45) is 0. The summed E-state index contributed by atoms with van der Waals surface area (Å²) in [4.78, 5) is 0. The average molecular weight is 213 g/mol. The van der Waals surface area contributed by atoms with Crippen molar-refractivity contribution in [2.45, 2.75) is 19.9 Å². The zero-order valence-corrected chi connectivity index (χ0v) is 9.17. The van der Waals surface area contributed by atoms with E-state index in [9.17, 15) is 4.39 Å². The van der Waals surface area contributed by atoms with Gasteiger partial charge in [-0.3, -0.25) is 0 Å². The van der Waals surface area contributed by atoms with Gasteiger partial charge in [-0.25, -0.2) is 4.39 Å². The number of ether oxygens (including phenoxy) is 1. The highest BCUT2D eigenvalue weighted by molar-refractivity contribution is 5.48. The third-order valence-electron chi connectivity index (χ3n) is 2.48. The Morgan fingerprint density at radius 1 is 1.53 bits per heavy atom. The van der Waals surface area contributed by atoms with Crippen LogP contribution in [0, 0.1) is 19.7 Å². The van der Waals surface area contributed by atoms with Crippen molar-refractivity contribution < 1.29 is 14.2 Å². The van der Waals surface area contributed by atoms with Crippen LogP contribution in [0.15, 0.2) is 6.07 Å². The van der Waals surface area contributed by atoms with Crippen molar-refractivity contribution in [3.8, 4) is 5.75 Å². The first kappa shape index (κ1) is 11.9. The van der Waals surface area contributed by atoms with Crippen LogP contribution >= 0.6 is 0 Å². The number of rotatable bonds is 3. The average Bonchev–Trinajstić information content (AvgIpc) is 2.21. The van der Waals surface area contributed by atoms with Crippen molar-refractivity contribution in [3.05, 3.63) is 28.6 Å². The van der Waals surface area contributed by atoms with E-state index in [2.05, 4.69) is 0 Å². The first-order valence-electron chi connectivity index (χ1n) is 4.73. The van der Waals surface area contributed by atoms with Crippen LogP contribution in [0.4, 0.5) is 4.39 Å². The van der Waals surface area contributed by atoms with E-state index in [-0.39, 0.29) is 12.4 Å².